The molecule has 8 aromatic carbocycles. The van der Waals surface area contributed by atoms with Crippen LogP contribution < -0.4 is 0 Å². The van der Waals surface area contributed by atoms with Gasteiger partial charge in [-0.1, -0.05) is 184 Å². The smallest absolute Gasteiger partial charge is 0.0998 e. The summed E-state index contributed by atoms with van der Waals surface area (Å²) >= 11 is 0. The summed E-state index contributed by atoms with van der Waals surface area (Å²) in [5.41, 5.74) is 17.3. The summed E-state index contributed by atoms with van der Waals surface area (Å²) in [4.78, 5) is 0. The second-order valence-corrected chi connectivity index (χ2v) is 26.5. The highest BCUT2D eigenvalue weighted by Crippen LogP contribution is 2.39. The highest BCUT2D eigenvalue weighted by molar-refractivity contribution is 6.13. The summed E-state index contributed by atoms with van der Waals surface area (Å²) in [6.45, 7) is 16.3. The number of benzene rings is 8. The molecule has 0 radical (unpaired) electrons. The predicted molar refractivity (Wildman–Crippen MR) is 414 cm³/mol. The molecule has 490 valence electrons. The van der Waals surface area contributed by atoms with Gasteiger partial charge in [0.2, 0.25) is 0 Å². The van der Waals surface area contributed by atoms with Gasteiger partial charge < -0.3 is 13.7 Å². The van der Waals surface area contributed by atoms with Crippen LogP contribution in [0.2, 0.25) is 0 Å². The maximum absolute atomic E-state index is 10.8. The summed E-state index contributed by atoms with van der Waals surface area (Å²) < 4.78 is 7.34. The number of nitrogens with zero attached hydrogens (tertiary/aromatic N) is 9. The van der Waals surface area contributed by atoms with Crippen molar-refractivity contribution < 1.29 is 0 Å². The third-order valence-corrected chi connectivity index (χ3v) is 20.1. The number of hydrogen-bond donors (Lipinski definition) is 0. The first-order chi connectivity index (χ1) is 48.5. The van der Waals surface area contributed by atoms with Crippen LogP contribution in [-0.2, 0) is 19.6 Å². The number of allylic oxidation sites excluding steroid dienone is 6. The predicted octanol–water partition coefficient (Wildman–Crippen LogP) is 24.0. The SMILES string of the molecule is CCCCC(CC)Cn1c2ccc(/C=C(\C#N)c3ccc(/C(C#N)=C/c4ccc5c(c4)c4cc(/C=C/C#N)ccc4n5CC(CC)CCCC)cc3)cc2c2cc(/C=C(\C#N)c3ccc(/C(C#N)=C/c4ccc5c(c4)c4cc(/C=C/C#N)ccc4n5CC(CC)CCCC)cc3)ccc21. The monoisotopic (exact) mass is 1290 g/mol. The maximum atomic E-state index is 10.8. The molecule has 11 rings (SSSR count). The number of rotatable bonds is 28. The molecule has 0 saturated carbocycles. The van der Waals surface area contributed by atoms with E-state index in [0.717, 1.165) is 179 Å². The fourth-order valence-corrected chi connectivity index (χ4v) is 14.4. The molecule has 0 aliphatic carbocycles. The van der Waals surface area contributed by atoms with Crippen LogP contribution >= 0.6 is 0 Å². The van der Waals surface area contributed by atoms with E-state index in [2.05, 4.69) is 201 Å². The van der Waals surface area contributed by atoms with Crippen LogP contribution in [0.3, 0.4) is 0 Å². The molecule has 0 spiro atoms. The Morgan fingerprint density at radius 3 is 0.737 bits per heavy atom. The topological polar surface area (TPSA) is 158 Å². The number of hydrogen-bond acceptors (Lipinski definition) is 6. The van der Waals surface area contributed by atoms with Gasteiger partial charge >= 0.3 is 0 Å². The third kappa shape index (κ3) is 15.4. The molecule has 99 heavy (non-hydrogen) atoms. The van der Waals surface area contributed by atoms with Crippen molar-refractivity contribution in [1.29, 1.82) is 31.6 Å². The molecule has 0 N–H and O–H groups in total. The molecule has 0 saturated heterocycles. The molecule has 0 bridgehead atoms. The second kappa shape index (κ2) is 32.5. The van der Waals surface area contributed by atoms with E-state index in [1.807, 2.05) is 85.0 Å². The largest absolute Gasteiger partial charge is 0.340 e. The van der Waals surface area contributed by atoms with Gasteiger partial charge in [-0.3, -0.25) is 0 Å². The Bertz CT molecular complexity index is 4950. The molecule has 3 aromatic heterocycles. The van der Waals surface area contributed by atoms with Crippen LogP contribution in [0.1, 0.15) is 174 Å². The molecule has 11 aromatic rings. The lowest BCUT2D eigenvalue weighted by atomic mass is 9.97. The number of nitriles is 6. The van der Waals surface area contributed by atoms with E-state index < -0.39 is 0 Å². The van der Waals surface area contributed by atoms with Crippen LogP contribution in [0, 0.1) is 85.7 Å². The molecule has 0 aliphatic heterocycles. The Labute approximate surface area is 584 Å². The van der Waals surface area contributed by atoms with E-state index in [0.29, 0.717) is 40.0 Å². The highest BCUT2D eigenvalue weighted by Gasteiger charge is 2.21. The number of unbranched alkanes of at least 4 members (excludes halogenated alkanes) is 3. The summed E-state index contributed by atoms with van der Waals surface area (Å²) in [6, 6.07) is 68.0. The van der Waals surface area contributed by atoms with Crippen molar-refractivity contribution >= 4 is 124 Å². The van der Waals surface area contributed by atoms with Crippen LogP contribution in [-0.4, -0.2) is 13.7 Å². The lowest BCUT2D eigenvalue weighted by molar-refractivity contribution is 0.401. The third-order valence-electron chi connectivity index (χ3n) is 20.1. The first-order valence-corrected chi connectivity index (χ1v) is 35.5. The Balaban J connectivity index is 0.884. The van der Waals surface area contributed by atoms with E-state index in [9.17, 15) is 31.6 Å². The van der Waals surface area contributed by atoms with Crippen LogP contribution in [0.5, 0.6) is 0 Å². The Morgan fingerprint density at radius 1 is 0.313 bits per heavy atom. The second-order valence-electron chi connectivity index (χ2n) is 26.5. The summed E-state index contributed by atoms with van der Waals surface area (Å²) in [5.74, 6) is 1.59. The van der Waals surface area contributed by atoms with Crippen molar-refractivity contribution in [1.82, 2.24) is 13.7 Å². The zero-order chi connectivity index (χ0) is 69.4. The van der Waals surface area contributed by atoms with E-state index in [1.165, 1.54) is 50.7 Å². The van der Waals surface area contributed by atoms with Gasteiger partial charge in [0.25, 0.3) is 0 Å². The molecule has 3 atom stereocenters. The van der Waals surface area contributed by atoms with Gasteiger partial charge in [-0.05, 0) is 202 Å². The summed E-state index contributed by atoms with van der Waals surface area (Å²) in [6.07, 6.45) is 28.2. The minimum absolute atomic E-state index is 0.489. The first-order valence-electron chi connectivity index (χ1n) is 35.5. The Hall–Kier alpha value is -11.5. The Morgan fingerprint density at radius 2 is 0.535 bits per heavy atom. The fourth-order valence-electron chi connectivity index (χ4n) is 14.4. The zero-order valence-corrected chi connectivity index (χ0v) is 58.0. The molecule has 3 unspecified atom stereocenters. The molecule has 0 fully saturated rings. The summed E-state index contributed by atoms with van der Waals surface area (Å²) in [5, 5.41) is 68.1. The summed E-state index contributed by atoms with van der Waals surface area (Å²) in [7, 11) is 0. The molecular formula is C90H85N9. The van der Waals surface area contributed by atoms with Crippen molar-refractivity contribution in [2.24, 2.45) is 17.8 Å². The van der Waals surface area contributed by atoms with Gasteiger partial charge in [-0.2, -0.15) is 31.6 Å². The quantitative estimate of drug-likeness (QED) is 0.0351. The maximum Gasteiger partial charge on any atom is 0.0998 e. The minimum atomic E-state index is 0.489. The molecule has 9 nitrogen and oxygen atoms in total. The minimum Gasteiger partial charge on any atom is -0.340 e. The molecular weight excluding hydrogens is 1210 g/mol. The van der Waals surface area contributed by atoms with Crippen LogP contribution in [0.4, 0.5) is 0 Å². The van der Waals surface area contributed by atoms with E-state index in [4.69, 9.17) is 0 Å². The lowest BCUT2D eigenvalue weighted by Gasteiger charge is -2.17. The van der Waals surface area contributed by atoms with E-state index in [1.54, 1.807) is 0 Å². The molecule has 9 heteroatoms. The van der Waals surface area contributed by atoms with Gasteiger partial charge in [0, 0.05) is 97.2 Å². The van der Waals surface area contributed by atoms with Gasteiger partial charge in [0.1, 0.15) is 0 Å². The van der Waals surface area contributed by atoms with E-state index >= 15 is 0 Å². The number of fused-ring (bicyclic) bond motifs is 9. The van der Waals surface area contributed by atoms with Gasteiger partial charge in [0.05, 0.1) is 58.7 Å². The van der Waals surface area contributed by atoms with Crippen molar-refractivity contribution in [3.8, 4) is 36.4 Å². The first kappa shape index (κ1) is 68.9. The van der Waals surface area contributed by atoms with Gasteiger partial charge in [-0.25, -0.2) is 0 Å². The van der Waals surface area contributed by atoms with Crippen molar-refractivity contribution in [3.63, 3.8) is 0 Å². The zero-order valence-electron chi connectivity index (χ0n) is 58.0. The average molecular weight is 1290 g/mol. The van der Waals surface area contributed by atoms with Gasteiger partial charge in [-0.15, -0.1) is 0 Å². The van der Waals surface area contributed by atoms with E-state index in [-0.39, 0.29) is 0 Å². The van der Waals surface area contributed by atoms with Crippen molar-refractivity contribution in [2.75, 3.05) is 0 Å². The standard InChI is InChI=1S/C90H85N9/c1-7-13-18-62(10-4)59-97-85-37-23-65(21-16-43-91)49-79(85)81-51-67(25-39-87(81)97)45-75(55-93)71-29-33-73(34-30-71)77(57-95)47-69-27-41-89-83(53-69)84-54-70(28-42-90(84)99(89)61-64(12-6)20-15-9-3)48-78(58-96)74-35-31-72(32-36-74)76(56-94)46-68-26-40-88-82(52-68)80-50-66(22-17-44-92)24-38-86(80)98(88)60-63(11-5)19-14-8-2/h16-17,21-42,45-54,62-64H,7-15,18-20,59-61H2,1-6H3/b21-16+,22-17+,75-45+,76-46+,77-47+,78-48+. The normalized spacial score (nSPS) is 13.3. The van der Waals surface area contributed by atoms with Crippen molar-refractivity contribution in [2.45, 2.75) is 138 Å². The fraction of sp³-hybridized carbons (Fsp3) is 0.267. The lowest BCUT2D eigenvalue weighted by Crippen LogP contribution is -2.10. The highest BCUT2D eigenvalue weighted by atomic mass is 15.0. The van der Waals surface area contributed by atoms with Gasteiger partial charge in [0.15, 0.2) is 0 Å². The Kier molecular flexibility index (Phi) is 22.6. The molecule has 3 heterocycles. The van der Waals surface area contributed by atoms with Crippen LogP contribution in [0.25, 0.3) is 124 Å². The molecule has 0 aliphatic rings. The van der Waals surface area contributed by atoms with Crippen molar-refractivity contribution in [3.05, 3.63) is 226 Å². The van der Waals surface area contributed by atoms with Crippen LogP contribution in [0.15, 0.2) is 170 Å². The average Bonchev–Trinajstić information content (AvgIpc) is 1.62. The molecule has 0 amide bonds. The number of aromatic nitrogens is 3.